The Balaban J connectivity index is 1.70. The minimum atomic E-state index is -0.675. The minimum Gasteiger partial charge on any atom is -0.489 e. The molecule has 0 N–H and O–H groups in total. The number of imide groups is 1. The Morgan fingerprint density at radius 3 is 2.11 bits per heavy atom. The van der Waals surface area contributed by atoms with Gasteiger partial charge in [-0.3, -0.25) is 9.59 Å². The van der Waals surface area contributed by atoms with Crippen molar-refractivity contribution in [3.63, 3.8) is 0 Å². The standard InChI is InChI=1S/C30H24FNO5/c1-18(2)37-28-23-11-7-6-10-22(23)27(36-17-19-8-4-3-5-9-19)25-26(28)30(35)32(29(25)34)21-13-12-20(14-15-33)24(31)16-21/h3-13,15-16,18H,14,17H2,1-2H3. The fourth-order valence-corrected chi connectivity index (χ4v) is 4.50. The van der Waals surface area contributed by atoms with Gasteiger partial charge in [0.1, 0.15) is 30.2 Å². The van der Waals surface area contributed by atoms with Crippen molar-refractivity contribution in [2.24, 2.45) is 0 Å². The van der Waals surface area contributed by atoms with Gasteiger partial charge in [0, 0.05) is 17.2 Å². The summed E-state index contributed by atoms with van der Waals surface area (Å²) in [5.41, 5.74) is 1.29. The first kappa shape index (κ1) is 24.2. The van der Waals surface area contributed by atoms with Crippen LogP contribution >= 0.6 is 0 Å². The average Bonchev–Trinajstić information content (AvgIpc) is 3.15. The Bertz CT molecular complexity index is 1530. The molecule has 5 rings (SSSR count). The molecule has 37 heavy (non-hydrogen) atoms. The van der Waals surface area contributed by atoms with Crippen LogP contribution in [0.15, 0.2) is 72.8 Å². The van der Waals surface area contributed by atoms with E-state index < -0.39 is 17.6 Å². The minimum absolute atomic E-state index is 0.0620. The molecule has 4 aromatic carbocycles. The van der Waals surface area contributed by atoms with Gasteiger partial charge in [0.05, 0.1) is 22.9 Å². The Labute approximate surface area is 213 Å². The second kappa shape index (κ2) is 9.85. The first-order valence-corrected chi connectivity index (χ1v) is 11.9. The lowest BCUT2D eigenvalue weighted by molar-refractivity contribution is -0.107. The highest BCUT2D eigenvalue weighted by Gasteiger charge is 2.44. The van der Waals surface area contributed by atoms with Crippen LogP contribution in [0.4, 0.5) is 10.1 Å². The van der Waals surface area contributed by atoms with E-state index in [0.29, 0.717) is 17.1 Å². The first-order chi connectivity index (χ1) is 17.9. The number of anilines is 1. The summed E-state index contributed by atoms with van der Waals surface area (Å²) in [5, 5.41) is 1.26. The molecule has 2 amide bonds. The van der Waals surface area contributed by atoms with Crippen LogP contribution in [0.1, 0.15) is 45.7 Å². The van der Waals surface area contributed by atoms with E-state index in [-0.39, 0.29) is 53.0 Å². The van der Waals surface area contributed by atoms with E-state index >= 15 is 0 Å². The molecule has 0 aliphatic carbocycles. The predicted octanol–water partition coefficient (Wildman–Crippen LogP) is 5.89. The number of aldehydes is 1. The molecule has 7 heteroatoms. The number of halogens is 1. The Morgan fingerprint density at radius 1 is 0.865 bits per heavy atom. The molecule has 0 aromatic heterocycles. The molecule has 0 saturated carbocycles. The molecule has 1 aliphatic rings. The summed E-state index contributed by atoms with van der Waals surface area (Å²) in [6.45, 7) is 3.85. The Hall–Kier alpha value is -4.52. The summed E-state index contributed by atoms with van der Waals surface area (Å²) in [6.07, 6.45) is 0.210. The van der Waals surface area contributed by atoms with Gasteiger partial charge in [-0.15, -0.1) is 0 Å². The third-order valence-corrected chi connectivity index (χ3v) is 6.13. The Kier molecular flexibility index (Phi) is 6.44. The lowest BCUT2D eigenvalue weighted by Crippen LogP contribution is -2.29. The highest BCUT2D eigenvalue weighted by molar-refractivity contribution is 6.38. The number of ether oxygens (including phenoxy) is 2. The van der Waals surface area contributed by atoms with Crippen LogP contribution in [0.25, 0.3) is 10.8 Å². The Morgan fingerprint density at radius 2 is 1.49 bits per heavy atom. The fraction of sp³-hybridized carbons (Fsp3) is 0.167. The average molecular weight is 498 g/mol. The highest BCUT2D eigenvalue weighted by Crippen LogP contribution is 2.46. The van der Waals surface area contributed by atoms with Gasteiger partial charge in [-0.1, -0.05) is 60.7 Å². The molecule has 4 aromatic rings. The van der Waals surface area contributed by atoms with Crippen LogP contribution in [0, 0.1) is 5.82 Å². The van der Waals surface area contributed by atoms with Crippen LogP contribution in [0.2, 0.25) is 0 Å². The van der Waals surface area contributed by atoms with Gasteiger partial charge in [0.15, 0.2) is 0 Å². The monoisotopic (exact) mass is 497 g/mol. The molecule has 0 fully saturated rings. The zero-order valence-corrected chi connectivity index (χ0v) is 20.4. The number of hydrogen-bond donors (Lipinski definition) is 0. The molecular formula is C30H24FNO5. The van der Waals surface area contributed by atoms with Crippen LogP contribution in [-0.4, -0.2) is 24.2 Å². The van der Waals surface area contributed by atoms with Gasteiger partial charge in [-0.25, -0.2) is 9.29 Å². The van der Waals surface area contributed by atoms with Crippen molar-refractivity contribution < 1.29 is 28.2 Å². The van der Waals surface area contributed by atoms with Crippen molar-refractivity contribution in [1.82, 2.24) is 0 Å². The van der Waals surface area contributed by atoms with Crippen molar-refractivity contribution >= 4 is 34.6 Å². The number of benzene rings is 4. The van der Waals surface area contributed by atoms with Crippen molar-refractivity contribution in [2.45, 2.75) is 33.0 Å². The maximum atomic E-state index is 14.7. The lowest BCUT2D eigenvalue weighted by Gasteiger charge is -2.19. The van der Waals surface area contributed by atoms with Gasteiger partial charge in [0.2, 0.25) is 0 Å². The van der Waals surface area contributed by atoms with E-state index in [1.54, 1.807) is 0 Å². The van der Waals surface area contributed by atoms with Gasteiger partial charge in [0.25, 0.3) is 11.8 Å². The summed E-state index contributed by atoms with van der Waals surface area (Å²) >= 11 is 0. The van der Waals surface area contributed by atoms with Crippen LogP contribution in [0.3, 0.4) is 0 Å². The fourth-order valence-electron chi connectivity index (χ4n) is 4.50. The largest absolute Gasteiger partial charge is 0.489 e. The number of carbonyl (C=O) groups excluding carboxylic acids is 3. The maximum Gasteiger partial charge on any atom is 0.270 e. The number of fused-ring (bicyclic) bond motifs is 2. The highest BCUT2D eigenvalue weighted by atomic mass is 19.1. The van der Waals surface area contributed by atoms with Crippen LogP contribution in [-0.2, 0) is 17.8 Å². The van der Waals surface area contributed by atoms with Gasteiger partial charge >= 0.3 is 0 Å². The molecule has 186 valence electrons. The summed E-state index contributed by atoms with van der Waals surface area (Å²) < 4.78 is 27.0. The third kappa shape index (κ3) is 4.33. The second-order valence-corrected chi connectivity index (χ2v) is 8.99. The normalized spacial score (nSPS) is 12.8. The molecule has 0 unspecified atom stereocenters. The quantitative estimate of drug-likeness (QED) is 0.224. The molecule has 1 heterocycles. The molecule has 0 spiro atoms. The zero-order valence-electron chi connectivity index (χ0n) is 20.4. The molecular weight excluding hydrogens is 473 g/mol. The predicted molar refractivity (Wildman–Crippen MR) is 138 cm³/mol. The van der Waals surface area contributed by atoms with E-state index in [1.165, 1.54) is 12.1 Å². The summed E-state index contributed by atoms with van der Waals surface area (Å²) in [5.74, 6) is -1.39. The van der Waals surface area contributed by atoms with Crippen molar-refractivity contribution in [3.8, 4) is 11.5 Å². The lowest BCUT2D eigenvalue weighted by atomic mass is 9.98. The topological polar surface area (TPSA) is 72.9 Å². The second-order valence-electron chi connectivity index (χ2n) is 8.99. The summed E-state index contributed by atoms with van der Waals surface area (Å²) in [7, 11) is 0. The number of rotatable bonds is 8. The van der Waals surface area contributed by atoms with Gasteiger partial charge < -0.3 is 14.3 Å². The summed E-state index contributed by atoms with van der Waals surface area (Å²) in [4.78, 5) is 39.4. The molecule has 6 nitrogen and oxygen atoms in total. The van der Waals surface area contributed by atoms with Gasteiger partial charge in [-0.05, 0) is 37.1 Å². The van der Waals surface area contributed by atoms with E-state index in [9.17, 15) is 18.8 Å². The SMILES string of the molecule is CC(C)Oc1c2c(c(OCc3ccccc3)c3ccccc13)C(=O)N(c1ccc(CC=O)c(F)c1)C2=O. The molecule has 0 atom stereocenters. The summed E-state index contributed by atoms with van der Waals surface area (Å²) in [6, 6.07) is 20.7. The smallest absolute Gasteiger partial charge is 0.270 e. The van der Waals surface area contributed by atoms with Gasteiger partial charge in [-0.2, -0.15) is 0 Å². The van der Waals surface area contributed by atoms with E-state index in [4.69, 9.17) is 9.47 Å². The van der Waals surface area contributed by atoms with Crippen LogP contribution < -0.4 is 14.4 Å². The van der Waals surface area contributed by atoms with Crippen molar-refractivity contribution in [1.29, 1.82) is 0 Å². The van der Waals surface area contributed by atoms with Crippen molar-refractivity contribution in [3.05, 3.63) is 101 Å². The number of nitrogens with zero attached hydrogens (tertiary/aromatic N) is 1. The molecule has 0 saturated heterocycles. The number of hydrogen-bond acceptors (Lipinski definition) is 5. The number of carbonyl (C=O) groups is 3. The van der Waals surface area contributed by atoms with E-state index in [0.717, 1.165) is 16.5 Å². The molecule has 0 bridgehead atoms. The number of amides is 2. The zero-order chi connectivity index (χ0) is 26.1. The maximum absolute atomic E-state index is 14.7. The molecule has 1 aliphatic heterocycles. The van der Waals surface area contributed by atoms with E-state index in [2.05, 4.69) is 0 Å². The third-order valence-electron chi connectivity index (χ3n) is 6.13. The first-order valence-electron chi connectivity index (χ1n) is 11.9. The van der Waals surface area contributed by atoms with Crippen molar-refractivity contribution in [2.75, 3.05) is 4.90 Å². The molecule has 0 radical (unpaired) electrons. The van der Waals surface area contributed by atoms with Crippen LogP contribution in [0.5, 0.6) is 11.5 Å². The van der Waals surface area contributed by atoms with E-state index in [1.807, 2.05) is 68.4 Å².